The topological polar surface area (TPSA) is 66.4 Å². The van der Waals surface area contributed by atoms with Crippen LogP contribution in [0.5, 0.6) is 0 Å². The summed E-state index contributed by atoms with van der Waals surface area (Å²) in [5, 5.41) is 8.59. The van der Waals surface area contributed by atoms with E-state index in [0.717, 1.165) is 6.07 Å². The van der Waals surface area contributed by atoms with Crippen LogP contribution >= 0.6 is 0 Å². The van der Waals surface area contributed by atoms with Crippen LogP contribution in [-0.4, -0.2) is 20.1 Å². The number of nitrogens with one attached hydrogen (secondary N) is 1. The molecule has 0 fully saturated rings. The molecule has 108 valence electrons. The summed E-state index contributed by atoms with van der Waals surface area (Å²) in [7, 11) is -3.97. The highest BCUT2D eigenvalue weighted by atomic mass is 32.2. The van der Waals surface area contributed by atoms with Crippen LogP contribution in [0, 0.1) is 17.7 Å². The van der Waals surface area contributed by atoms with Gasteiger partial charge in [-0.25, -0.2) is 12.8 Å². The number of sulfonamides is 1. The molecule has 0 amide bonds. The lowest BCUT2D eigenvalue weighted by atomic mass is 10.2. The molecule has 0 saturated carbocycles. The normalized spacial score (nSPS) is 10.6. The highest BCUT2D eigenvalue weighted by molar-refractivity contribution is 7.92. The highest BCUT2D eigenvalue weighted by Crippen LogP contribution is 2.18. The highest BCUT2D eigenvalue weighted by Gasteiger charge is 2.18. The van der Waals surface area contributed by atoms with Crippen molar-refractivity contribution in [2.45, 2.75) is 4.90 Å². The molecule has 0 aromatic heterocycles. The van der Waals surface area contributed by atoms with Crippen LogP contribution < -0.4 is 4.72 Å². The van der Waals surface area contributed by atoms with Gasteiger partial charge >= 0.3 is 0 Å². The van der Waals surface area contributed by atoms with Gasteiger partial charge in [-0.3, -0.25) is 4.72 Å². The van der Waals surface area contributed by atoms with E-state index in [-0.39, 0.29) is 6.61 Å². The molecule has 21 heavy (non-hydrogen) atoms. The minimum absolute atomic E-state index is 0.248. The summed E-state index contributed by atoms with van der Waals surface area (Å²) in [5.41, 5.74) is 0.936. The van der Waals surface area contributed by atoms with E-state index in [1.54, 1.807) is 12.1 Å². The zero-order valence-electron chi connectivity index (χ0n) is 10.9. The van der Waals surface area contributed by atoms with Crippen LogP contribution in [0.1, 0.15) is 5.56 Å². The summed E-state index contributed by atoms with van der Waals surface area (Å²) >= 11 is 0. The van der Waals surface area contributed by atoms with Crippen LogP contribution in [0.15, 0.2) is 53.4 Å². The molecule has 0 unspecified atom stereocenters. The number of rotatable bonds is 3. The maximum atomic E-state index is 13.5. The first-order valence-electron chi connectivity index (χ1n) is 6.00. The van der Waals surface area contributed by atoms with E-state index in [1.165, 1.54) is 30.3 Å². The van der Waals surface area contributed by atoms with E-state index in [9.17, 15) is 12.8 Å². The van der Waals surface area contributed by atoms with Crippen molar-refractivity contribution in [3.63, 3.8) is 0 Å². The lowest BCUT2D eigenvalue weighted by molar-refractivity contribution is 0.350. The van der Waals surface area contributed by atoms with Crippen molar-refractivity contribution in [3.05, 3.63) is 59.9 Å². The van der Waals surface area contributed by atoms with Crippen LogP contribution in [0.3, 0.4) is 0 Å². The Morgan fingerprint density at radius 1 is 1.10 bits per heavy atom. The van der Waals surface area contributed by atoms with Crippen molar-refractivity contribution in [2.75, 3.05) is 11.3 Å². The van der Waals surface area contributed by atoms with Gasteiger partial charge < -0.3 is 5.11 Å². The maximum absolute atomic E-state index is 13.5. The zero-order chi connectivity index (χ0) is 15.3. The summed E-state index contributed by atoms with van der Waals surface area (Å²) in [6.07, 6.45) is 0. The van der Waals surface area contributed by atoms with Crippen molar-refractivity contribution in [1.29, 1.82) is 0 Å². The Labute approximate surface area is 122 Å². The third kappa shape index (κ3) is 3.81. The van der Waals surface area contributed by atoms with Gasteiger partial charge in [0.2, 0.25) is 0 Å². The molecule has 2 aromatic rings. The summed E-state index contributed by atoms with van der Waals surface area (Å²) in [6, 6.07) is 11.4. The fourth-order valence-electron chi connectivity index (χ4n) is 1.64. The summed E-state index contributed by atoms with van der Waals surface area (Å²) in [4.78, 5) is -0.408. The standard InChI is InChI=1S/C15H12FNO3S/c16-14-5-1-2-6-15(14)21(19,20)17-13-9-7-12(8-10-13)4-3-11-18/h1-2,5-10,17-18H,11H2. The molecule has 0 aliphatic carbocycles. The van der Waals surface area contributed by atoms with E-state index >= 15 is 0 Å². The van der Waals surface area contributed by atoms with Gasteiger partial charge in [-0.05, 0) is 36.4 Å². The van der Waals surface area contributed by atoms with E-state index in [2.05, 4.69) is 16.6 Å². The van der Waals surface area contributed by atoms with Gasteiger partial charge in [0.1, 0.15) is 17.3 Å². The third-order valence-corrected chi connectivity index (χ3v) is 3.99. The van der Waals surface area contributed by atoms with Gasteiger partial charge in [-0.2, -0.15) is 0 Å². The van der Waals surface area contributed by atoms with Crippen molar-refractivity contribution >= 4 is 15.7 Å². The Morgan fingerprint density at radius 2 is 1.76 bits per heavy atom. The Hall–Kier alpha value is -2.36. The second-order valence-corrected chi connectivity index (χ2v) is 5.72. The molecular weight excluding hydrogens is 293 g/mol. The van der Waals surface area contributed by atoms with E-state index in [0.29, 0.717) is 11.3 Å². The molecule has 0 aliphatic heterocycles. The molecule has 0 radical (unpaired) electrons. The number of hydrogen-bond acceptors (Lipinski definition) is 3. The summed E-state index contributed by atoms with van der Waals surface area (Å²) in [5.74, 6) is 4.36. The van der Waals surface area contributed by atoms with Crippen molar-refractivity contribution < 1.29 is 17.9 Å². The molecule has 0 bridgehead atoms. The second-order valence-electron chi connectivity index (χ2n) is 4.07. The SMILES string of the molecule is O=S(=O)(Nc1ccc(C#CCO)cc1)c1ccccc1F. The minimum atomic E-state index is -3.97. The van der Waals surface area contributed by atoms with Crippen LogP contribution in [-0.2, 0) is 10.0 Å². The predicted molar refractivity (Wildman–Crippen MR) is 77.6 cm³/mol. The molecular formula is C15H12FNO3S. The second kappa shape index (κ2) is 6.39. The van der Waals surface area contributed by atoms with E-state index < -0.39 is 20.7 Å². The number of anilines is 1. The van der Waals surface area contributed by atoms with Gasteiger partial charge in [0.05, 0.1) is 0 Å². The first kappa shape index (κ1) is 15.0. The Balaban J connectivity index is 2.23. The van der Waals surface area contributed by atoms with Gasteiger partial charge in [0.25, 0.3) is 10.0 Å². The molecule has 4 nitrogen and oxygen atoms in total. The van der Waals surface area contributed by atoms with Gasteiger partial charge in [-0.1, -0.05) is 24.0 Å². The fraction of sp³-hybridized carbons (Fsp3) is 0.0667. The van der Waals surface area contributed by atoms with Gasteiger partial charge in [-0.15, -0.1) is 0 Å². The zero-order valence-corrected chi connectivity index (χ0v) is 11.7. The number of aliphatic hydroxyl groups is 1. The average Bonchev–Trinajstić information content (AvgIpc) is 2.46. The smallest absolute Gasteiger partial charge is 0.264 e. The summed E-state index contributed by atoms with van der Waals surface area (Å²) < 4.78 is 40.0. The van der Waals surface area contributed by atoms with Gasteiger partial charge in [0.15, 0.2) is 0 Å². The monoisotopic (exact) mass is 305 g/mol. The molecule has 0 saturated heterocycles. The number of aliphatic hydroxyl groups excluding tert-OH is 1. The molecule has 0 atom stereocenters. The van der Waals surface area contributed by atoms with Crippen LogP contribution in [0.2, 0.25) is 0 Å². The first-order chi connectivity index (χ1) is 10.0. The first-order valence-corrected chi connectivity index (χ1v) is 7.48. The number of halogens is 1. The Kier molecular flexibility index (Phi) is 4.58. The Bertz CT molecular complexity index is 790. The molecule has 0 heterocycles. The molecule has 2 N–H and O–H groups in total. The average molecular weight is 305 g/mol. The molecule has 6 heteroatoms. The van der Waals surface area contributed by atoms with E-state index in [1.807, 2.05) is 0 Å². The van der Waals surface area contributed by atoms with E-state index in [4.69, 9.17) is 5.11 Å². The van der Waals surface area contributed by atoms with Crippen molar-refractivity contribution in [2.24, 2.45) is 0 Å². The largest absolute Gasteiger partial charge is 0.384 e. The minimum Gasteiger partial charge on any atom is -0.384 e. The number of benzene rings is 2. The quantitative estimate of drug-likeness (QED) is 0.852. The maximum Gasteiger partial charge on any atom is 0.264 e. The predicted octanol–water partition coefficient (Wildman–Crippen LogP) is 1.97. The Morgan fingerprint density at radius 3 is 2.38 bits per heavy atom. The lowest BCUT2D eigenvalue weighted by Crippen LogP contribution is -2.14. The molecule has 0 aliphatic rings. The lowest BCUT2D eigenvalue weighted by Gasteiger charge is -2.08. The molecule has 2 rings (SSSR count). The molecule has 0 spiro atoms. The van der Waals surface area contributed by atoms with Crippen LogP contribution in [0.25, 0.3) is 0 Å². The summed E-state index contributed by atoms with van der Waals surface area (Å²) in [6.45, 7) is -0.248. The fourth-order valence-corrected chi connectivity index (χ4v) is 2.77. The van der Waals surface area contributed by atoms with Gasteiger partial charge in [0, 0.05) is 11.3 Å². The molecule has 2 aromatic carbocycles. The third-order valence-electron chi connectivity index (χ3n) is 2.58. The van der Waals surface area contributed by atoms with Crippen molar-refractivity contribution in [3.8, 4) is 11.8 Å². The van der Waals surface area contributed by atoms with Crippen molar-refractivity contribution in [1.82, 2.24) is 0 Å². The number of hydrogen-bond donors (Lipinski definition) is 2. The van der Waals surface area contributed by atoms with Crippen LogP contribution in [0.4, 0.5) is 10.1 Å².